The lowest BCUT2D eigenvalue weighted by atomic mass is 10.2. The topological polar surface area (TPSA) is 21.3 Å². The SMILES string of the molecule is Cl.ClNCc1ccccc1OCc1ccc(Cl)cc1. The zero-order valence-electron chi connectivity index (χ0n) is 10.1. The molecule has 19 heavy (non-hydrogen) atoms. The highest BCUT2D eigenvalue weighted by Crippen LogP contribution is 2.19. The normalized spacial score (nSPS) is 9.79. The summed E-state index contributed by atoms with van der Waals surface area (Å²) in [7, 11) is 0. The van der Waals surface area contributed by atoms with E-state index < -0.39 is 0 Å². The fraction of sp³-hybridized carbons (Fsp3) is 0.143. The van der Waals surface area contributed by atoms with Crippen LogP contribution in [0.25, 0.3) is 0 Å². The molecule has 2 aromatic carbocycles. The van der Waals surface area contributed by atoms with Gasteiger partial charge in [0, 0.05) is 17.1 Å². The molecule has 2 aromatic rings. The summed E-state index contributed by atoms with van der Waals surface area (Å²) >= 11 is 11.4. The number of hydrogen-bond acceptors (Lipinski definition) is 2. The van der Waals surface area contributed by atoms with Gasteiger partial charge in [0.1, 0.15) is 12.4 Å². The lowest BCUT2D eigenvalue weighted by Gasteiger charge is -2.10. The standard InChI is InChI=1S/C14H13Cl2NO.ClH/c15-13-7-5-11(6-8-13)10-18-14-4-2-1-3-12(14)9-17-16;/h1-8,17H,9-10H2;1H. The van der Waals surface area contributed by atoms with Crippen LogP contribution in [0.5, 0.6) is 5.75 Å². The van der Waals surface area contributed by atoms with E-state index in [2.05, 4.69) is 4.84 Å². The van der Waals surface area contributed by atoms with Crippen molar-refractivity contribution in [1.29, 1.82) is 0 Å². The molecule has 0 heterocycles. The second-order valence-electron chi connectivity index (χ2n) is 3.83. The van der Waals surface area contributed by atoms with Crippen molar-refractivity contribution in [3.05, 3.63) is 64.7 Å². The number of benzene rings is 2. The van der Waals surface area contributed by atoms with Crippen LogP contribution in [-0.4, -0.2) is 0 Å². The van der Waals surface area contributed by atoms with Crippen LogP contribution in [0.15, 0.2) is 48.5 Å². The minimum atomic E-state index is 0. The van der Waals surface area contributed by atoms with Gasteiger partial charge in [-0.05, 0) is 35.5 Å². The quantitative estimate of drug-likeness (QED) is 0.815. The lowest BCUT2D eigenvalue weighted by Crippen LogP contribution is -2.03. The first kappa shape index (κ1) is 16.1. The Bertz CT molecular complexity index is 502. The molecular formula is C14H14Cl3NO. The van der Waals surface area contributed by atoms with E-state index in [1.54, 1.807) is 0 Å². The highest BCUT2D eigenvalue weighted by Gasteiger charge is 2.02. The van der Waals surface area contributed by atoms with Crippen LogP contribution in [0.3, 0.4) is 0 Å². The minimum Gasteiger partial charge on any atom is -0.489 e. The third-order valence-electron chi connectivity index (χ3n) is 2.54. The van der Waals surface area contributed by atoms with E-state index in [4.69, 9.17) is 28.1 Å². The molecule has 1 N–H and O–H groups in total. The van der Waals surface area contributed by atoms with E-state index in [-0.39, 0.29) is 12.4 Å². The summed E-state index contributed by atoms with van der Waals surface area (Å²) < 4.78 is 5.77. The average molecular weight is 319 g/mol. The Morgan fingerprint density at radius 1 is 1.00 bits per heavy atom. The van der Waals surface area contributed by atoms with E-state index in [1.165, 1.54) is 0 Å². The van der Waals surface area contributed by atoms with Crippen molar-refractivity contribution in [2.24, 2.45) is 0 Å². The van der Waals surface area contributed by atoms with Crippen LogP contribution in [0, 0.1) is 0 Å². The largest absolute Gasteiger partial charge is 0.489 e. The maximum atomic E-state index is 5.83. The smallest absolute Gasteiger partial charge is 0.124 e. The maximum Gasteiger partial charge on any atom is 0.124 e. The number of hydrogen-bond donors (Lipinski definition) is 1. The zero-order valence-corrected chi connectivity index (χ0v) is 12.4. The molecule has 0 fully saturated rings. The van der Waals surface area contributed by atoms with Gasteiger partial charge < -0.3 is 4.74 Å². The summed E-state index contributed by atoms with van der Waals surface area (Å²) in [4.78, 5) is 2.60. The fourth-order valence-electron chi connectivity index (χ4n) is 1.60. The van der Waals surface area contributed by atoms with Crippen molar-refractivity contribution < 1.29 is 4.74 Å². The molecule has 0 amide bonds. The Labute approximate surface area is 129 Å². The zero-order chi connectivity index (χ0) is 12.8. The maximum absolute atomic E-state index is 5.83. The summed E-state index contributed by atoms with van der Waals surface area (Å²) in [5.41, 5.74) is 2.11. The molecule has 0 aliphatic carbocycles. The molecule has 0 atom stereocenters. The Kier molecular flexibility index (Phi) is 7.03. The van der Waals surface area contributed by atoms with Gasteiger partial charge in [-0.2, -0.15) is 0 Å². The molecule has 2 nitrogen and oxygen atoms in total. The van der Waals surface area contributed by atoms with Gasteiger partial charge in [-0.3, -0.25) is 0 Å². The number of para-hydroxylation sites is 1. The Hall–Kier alpha value is -0.930. The van der Waals surface area contributed by atoms with Crippen molar-refractivity contribution in [1.82, 2.24) is 4.84 Å². The van der Waals surface area contributed by atoms with Crippen LogP contribution in [0.1, 0.15) is 11.1 Å². The molecule has 0 saturated carbocycles. The van der Waals surface area contributed by atoms with Crippen molar-refractivity contribution in [2.75, 3.05) is 0 Å². The van der Waals surface area contributed by atoms with Crippen molar-refractivity contribution >= 4 is 35.8 Å². The molecule has 102 valence electrons. The van der Waals surface area contributed by atoms with Gasteiger partial charge in [0.15, 0.2) is 0 Å². The van der Waals surface area contributed by atoms with Gasteiger partial charge in [-0.1, -0.05) is 41.9 Å². The van der Waals surface area contributed by atoms with Gasteiger partial charge >= 0.3 is 0 Å². The molecular weight excluding hydrogens is 305 g/mol. The molecule has 0 aliphatic heterocycles. The first-order valence-electron chi connectivity index (χ1n) is 5.58. The molecule has 0 saturated heterocycles. The van der Waals surface area contributed by atoms with Crippen molar-refractivity contribution in [2.45, 2.75) is 13.2 Å². The third kappa shape index (κ3) is 4.92. The predicted octanol–water partition coefficient (Wildman–Crippen LogP) is 4.58. The Morgan fingerprint density at radius 2 is 1.68 bits per heavy atom. The molecule has 0 aromatic heterocycles. The van der Waals surface area contributed by atoms with E-state index >= 15 is 0 Å². The van der Waals surface area contributed by atoms with Crippen molar-refractivity contribution in [3.63, 3.8) is 0 Å². The van der Waals surface area contributed by atoms with Gasteiger partial charge in [0.2, 0.25) is 0 Å². The minimum absolute atomic E-state index is 0. The number of ether oxygens (including phenoxy) is 1. The van der Waals surface area contributed by atoms with Crippen LogP contribution in [0.4, 0.5) is 0 Å². The molecule has 0 aliphatic rings. The van der Waals surface area contributed by atoms with Gasteiger partial charge in [0.05, 0.1) is 0 Å². The van der Waals surface area contributed by atoms with Crippen LogP contribution in [-0.2, 0) is 13.2 Å². The molecule has 5 heteroatoms. The first-order valence-corrected chi connectivity index (χ1v) is 6.34. The average Bonchev–Trinajstić information content (AvgIpc) is 2.40. The number of rotatable bonds is 5. The summed E-state index contributed by atoms with van der Waals surface area (Å²) in [5, 5.41) is 0.727. The van der Waals surface area contributed by atoms with Crippen LogP contribution < -0.4 is 9.57 Å². The first-order chi connectivity index (χ1) is 8.79. The van der Waals surface area contributed by atoms with E-state index in [0.717, 1.165) is 21.9 Å². The Balaban J connectivity index is 0.00000180. The summed E-state index contributed by atoms with van der Waals surface area (Å²) in [6.07, 6.45) is 0. The second kappa shape index (κ2) is 8.28. The highest BCUT2D eigenvalue weighted by atomic mass is 35.5. The van der Waals surface area contributed by atoms with Gasteiger partial charge in [0.25, 0.3) is 0 Å². The summed E-state index contributed by atoms with van der Waals surface area (Å²) in [6, 6.07) is 15.4. The van der Waals surface area contributed by atoms with Gasteiger partial charge in [-0.25, -0.2) is 4.84 Å². The van der Waals surface area contributed by atoms with E-state index in [1.807, 2.05) is 48.5 Å². The predicted molar refractivity (Wildman–Crippen MR) is 82.2 cm³/mol. The van der Waals surface area contributed by atoms with Gasteiger partial charge in [-0.15, -0.1) is 12.4 Å². The summed E-state index contributed by atoms with van der Waals surface area (Å²) in [5.74, 6) is 0.834. The van der Waals surface area contributed by atoms with E-state index in [9.17, 15) is 0 Å². The molecule has 0 bridgehead atoms. The molecule has 0 spiro atoms. The lowest BCUT2D eigenvalue weighted by molar-refractivity contribution is 0.303. The number of halogens is 3. The molecule has 0 radical (unpaired) electrons. The highest BCUT2D eigenvalue weighted by molar-refractivity contribution is 6.30. The summed E-state index contributed by atoms with van der Waals surface area (Å²) in [6.45, 7) is 1.08. The second-order valence-corrected chi connectivity index (χ2v) is 4.54. The van der Waals surface area contributed by atoms with E-state index in [0.29, 0.717) is 13.2 Å². The molecule has 2 rings (SSSR count). The van der Waals surface area contributed by atoms with Crippen LogP contribution >= 0.6 is 35.8 Å². The molecule has 0 unspecified atom stereocenters. The van der Waals surface area contributed by atoms with Crippen molar-refractivity contribution in [3.8, 4) is 5.75 Å². The van der Waals surface area contributed by atoms with Crippen LogP contribution in [0.2, 0.25) is 5.02 Å². The third-order valence-corrected chi connectivity index (χ3v) is 2.92. The Morgan fingerprint density at radius 3 is 2.37 bits per heavy atom. The number of nitrogens with one attached hydrogen (secondary N) is 1. The fourth-order valence-corrected chi connectivity index (χ4v) is 1.87. The monoisotopic (exact) mass is 317 g/mol.